The number of carbonyl (C=O) groups is 1. The highest BCUT2D eigenvalue weighted by Crippen LogP contribution is 2.16. The van der Waals surface area contributed by atoms with E-state index < -0.39 is 5.82 Å². The maximum atomic E-state index is 13.9. The maximum absolute atomic E-state index is 13.9. The molecule has 2 rings (SSSR count). The van der Waals surface area contributed by atoms with Crippen LogP contribution in [0.1, 0.15) is 21.5 Å². The molecule has 0 heterocycles. The van der Waals surface area contributed by atoms with E-state index >= 15 is 0 Å². The number of carbonyl (C=O) groups excluding carboxylic acids is 1. The Morgan fingerprint density at radius 3 is 2.65 bits per heavy atom. The lowest BCUT2D eigenvalue weighted by Crippen LogP contribution is -2.27. The van der Waals surface area contributed by atoms with E-state index in [4.69, 9.17) is 11.6 Å². The smallest absolute Gasteiger partial charge is 0.256 e. The molecular weight excluding hydrogens is 277 g/mol. The van der Waals surface area contributed by atoms with Gasteiger partial charge in [0.2, 0.25) is 0 Å². The maximum Gasteiger partial charge on any atom is 0.256 e. The first-order valence-corrected chi connectivity index (χ1v) is 6.62. The first kappa shape index (κ1) is 14.5. The average molecular weight is 292 g/mol. The van der Waals surface area contributed by atoms with E-state index in [0.717, 1.165) is 5.56 Å². The fourth-order valence-corrected chi connectivity index (χ4v) is 2.21. The zero-order valence-electron chi connectivity index (χ0n) is 11.4. The molecule has 0 bridgehead atoms. The molecule has 0 aromatic heterocycles. The zero-order chi connectivity index (χ0) is 14.7. The van der Waals surface area contributed by atoms with Gasteiger partial charge in [0.15, 0.2) is 0 Å². The third-order valence-electron chi connectivity index (χ3n) is 3.08. The molecule has 104 valence electrons. The van der Waals surface area contributed by atoms with Gasteiger partial charge < -0.3 is 4.90 Å². The van der Waals surface area contributed by atoms with Gasteiger partial charge in [0.25, 0.3) is 5.91 Å². The van der Waals surface area contributed by atoms with Gasteiger partial charge in [-0.05, 0) is 36.2 Å². The summed E-state index contributed by atoms with van der Waals surface area (Å²) in [6.45, 7) is 2.02. The standard InChI is InChI=1S/C16H15ClFNO/c1-11-5-3-8-14(15(11)18)16(20)19(2)10-12-6-4-7-13(17)9-12/h3-9H,10H2,1-2H3. The van der Waals surface area contributed by atoms with Crippen LogP contribution < -0.4 is 0 Å². The molecule has 0 aliphatic heterocycles. The fourth-order valence-electron chi connectivity index (χ4n) is 2.00. The van der Waals surface area contributed by atoms with Crippen LogP contribution in [-0.4, -0.2) is 17.9 Å². The van der Waals surface area contributed by atoms with Crippen LogP contribution in [0.2, 0.25) is 5.02 Å². The number of halogens is 2. The molecule has 2 aromatic rings. The van der Waals surface area contributed by atoms with Crippen molar-refractivity contribution in [2.24, 2.45) is 0 Å². The number of hydrogen-bond donors (Lipinski definition) is 0. The summed E-state index contributed by atoms with van der Waals surface area (Å²) in [6, 6.07) is 12.1. The van der Waals surface area contributed by atoms with Gasteiger partial charge in [0.05, 0.1) is 5.56 Å². The van der Waals surface area contributed by atoms with Crippen LogP contribution in [0.15, 0.2) is 42.5 Å². The van der Waals surface area contributed by atoms with Gasteiger partial charge in [-0.15, -0.1) is 0 Å². The Morgan fingerprint density at radius 2 is 1.95 bits per heavy atom. The summed E-state index contributed by atoms with van der Waals surface area (Å²) < 4.78 is 13.9. The monoisotopic (exact) mass is 291 g/mol. The first-order chi connectivity index (χ1) is 9.49. The van der Waals surface area contributed by atoms with Gasteiger partial charge in [-0.25, -0.2) is 4.39 Å². The number of rotatable bonds is 3. The molecule has 0 saturated heterocycles. The summed E-state index contributed by atoms with van der Waals surface area (Å²) in [5.74, 6) is -0.804. The average Bonchev–Trinajstić information content (AvgIpc) is 2.41. The number of aryl methyl sites for hydroxylation is 1. The van der Waals surface area contributed by atoms with Gasteiger partial charge >= 0.3 is 0 Å². The summed E-state index contributed by atoms with van der Waals surface area (Å²) in [6.07, 6.45) is 0. The van der Waals surface area contributed by atoms with Crippen LogP contribution in [0.4, 0.5) is 4.39 Å². The lowest BCUT2D eigenvalue weighted by Gasteiger charge is -2.18. The Balaban J connectivity index is 2.19. The van der Waals surface area contributed by atoms with Crippen molar-refractivity contribution in [3.8, 4) is 0 Å². The molecule has 0 saturated carbocycles. The Hall–Kier alpha value is -1.87. The predicted octanol–water partition coefficient (Wildman–Crippen LogP) is 4.06. The van der Waals surface area contributed by atoms with Crippen LogP contribution in [0.25, 0.3) is 0 Å². The van der Waals surface area contributed by atoms with Crippen LogP contribution in [-0.2, 0) is 6.54 Å². The summed E-state index contributed by atoms with van der Waals surface area (Å²) in [4.78, 5) is 13.7. The number of nitrogens with zero attached hydrogens (tertiary/aromatic N) is 1. The number of amides is 1. The van der Waals surface area contributed by atoms with E-state index in [2.05, 4.69) is 0 Å². The zero-order valence-corrected chi connectivity index (χ0v) is 12.1. The molecule has 0 spiro atoms. The molecule has 0 radical (unpaired) electrons. The molecule has 2 aromatic carbocycles. The van der Waals surface area contributed by atoms with Crippen molar-refractivity contribution in [1.82, 2.24) is 4.90 Å². The highest BCUT2D eigenvalue weighted by Gasteiger charge is 2.17. The molecule has 0 aliphatic rings. The predicted molar refractivity (Wildman–Crippen MR) is 78.4 cm³/mol. The SMILES string of the molecule is Cc1cccc(C(=O)N(C)Cc2cccc(Cl)c2)c1F. The summed E-state index contributed by atoms with van der Waals surface area (Å²) in [5, 5.41) is 0.616. The first-order valence-electron chi connectivity index (χ1n) is 6.24. The van der Waals surface area contributed by atoms with Gasteiger partial charge in [-0.3, -0.25) is 4.79 Å². The van der Waals surface area contributed by atoms with Crippen molar-refractivity contribution in [3.05, 3.63) is 70.0 Å². The molecule has 2 nitrogen and oxygen atoms in total. The Kier molecular flexibility index (Phi) is 4.40. The second-order valence-electron chi connectivity index (χ2n) is 4.73. The number of hydrogen-bond acceptors (Lipinski definition) is 1. The Labute approximate surface area is 122 Å². The Morgan fingerprint density at radius 1 is 1.25 bits per heavy atom. The molecule has 4 heteroatoms. The van der Waals surface area contributed by atoms with Crippen molar-refractivity contribution in [1.29, 1.82) is 0 Å². The van der Waals surface area contributed by atoms with Crippen LogP contribution >= 0.6 is 11.6 Å². The summed E-state index contributed by atoms with van der Waals surface area (Å²) in [5.41, 5.74) is 1.46. The molecule has 0 N–H and O–H groups in total. The minimum Gasteiger partial charge on any atom is -0.337 e. The summed E-state index contributed by atoms with van der Waals surface area (Å²) >= 11 is 5.91. The third-order valence-corrected chi connectivity index (χ3v) is 3.31. The highest BCUT2D eigenvalue weighted by atomic mass is 35.5. The largest absolute Gasteiger partial charge is 0.337 e. The third kappa shape index (κ3) is 3.17. The molecular formula is C16H15ClFNO. The van der Waals surface area contributed by atoms with E-state index in [1.165, 1.54) is 11.0 Å². The van der Waals surface area contributed by atoms with E-state index in [-0.39, 0.29) is 11.5 Å². The van der Waals surface area contributed by atoms with Crippen molar-refractivity contribution in [2.75, 3.05) is 7.05 Å². The fraction of sp³-hybridized carbons (Fsp3) is 0.188. The lowest BCUT2D eigenvalue weighted by molar-refractivity contribution is 0.0780. The van der Waals surface area contributed by atoms with E-state index in [0.29, 0.717) is 17.1 Å². The normalized spacial score (nSPS) is 10.4. The van der Waals surface area contributed by atoms with E-state index in [1.54, 1.807) is 38.2 Å². The van der Waals surface area contributed by atoms with Gasteiger partial charge in [-0.1, -0.05) is 35.9 Å². The highest BCUT2D eigenvalue weighted by molar-refractivity contribution is 6.30. The molecule has 0 unspecified atom stereocenters. The second kappa shape index (κ2) is 6.06. The van der Waals surface area contributed by atoms with Crippen molar-refractivity contribution in [3.63, 3.8) is 0 Å². The van der Waals surface area contributed by atoms with Gasteiger partial charge in [-0.2, -0.15) is 0 Å². The molecule has 0 aliphatic carbocycles. The van der Waals surface area contributed by atoms with Gasteiger partial charge in [0, 0.05) is 18.6 Å². The van der Waals surface area contributed by atoms with Gasteiger partial charge in [0.1, 0.15) is 5.82 Å². The van der Waals surface area contributed by atoms with Crippen LogP contribution in [0.5, 0.6) is 0 Å². The van der Waals surface area contributed by atoms with Crippen LogP contribution in [0, 0.1) is 12.7 Å². The van der Waals surface area contributed by atoms with Crippen molar-refractivity contribution < 1.29 is 9.18 Å². The van der Waals surface area contributed by atoms with E-state index in [1.807, 2.05) is 12.1 Å². The van der Waals surface area contributed by atoms with Crippen LogP contribution in [0.3, 0.4) is 0 Å². The topological polar surface area (TPSA) is 20.3 Å². The molecule has 0 atom stereocenters. The van der Waals surface area contributed by atoms with Crippen molar-refractivity contribution in [2.45, 2.75) is 13.5 Å². The lowest BCUT2D eigenvalue weighted by atomic mass is 10.1. The minimum absolute atomic E-state index is 0.0922. The number of benzene rings is 2. The minimum atomic E-state index is -0.463. The summed E-state index contributed by atoms with van der Waals surface area (Å²) in [7, 11) is 1.64. The van der Waals surface area contributed by atoms with Crippen molar-refractivity contribution >= 4 is 17.5 Å². The second-order valence-corrected chi connectivity index (χ2v) is 5.16. The molecule has 1 amide bonds. The quantitative estimate of drug-likeness (QED) is 0.835. The van der Waals surface area contributed by atoms with E-state index in [9.17, 15) is 9.18 Å². The Bertz CT molecular complexity index is 642. The molecule has 0 fully saturated rings. The molecule has 20 heavy (non-hydrogen) atoms.